The minimum Gasteiger partial charge on any atom is -0.325 e. The maximum Gasteiger partial charge on any atom is 0.238 e. The average Bonchev–Trinajstić information content (AvgIpc) is 2.77. The van der Waals surface area contributed by atoms with Crippen LogP contribution in [0.2, 0.25) is 0 Å². The molecule has 5 nitrogen and oxygen atoms in total. The lowest BCUT2D eigenvalue weighted by molar-refractivity contribution is -0.115. The average molecular weight is 296 g/mol. The third-order valence-electron chi connectivity index (χ3n) is 3.43. The molecule has 1 unspecified atom stereocenters. The molecule has 1 aromatic carbocycles. The van der Waals surface area contributed by atoms with Crippen molar-refractivity contribution in [1.82, 2.24) is 5.32 Å². The molecule has 1 amide bonds. The Morgan fingerprint density at radius 1 is 1.30 bits per heavy atom. The van der Waals surface area contributed by atoms with E-state index in [2.05, 4.69) is 17.6 Å². The minimum atomic E-state index is -2.90. The number of carbonyl (C=O) groups is 1. The van der Waals surface area contributed by atoms with Crippen LogP contribution >= 0.6 is 0 Å². The van der Waals surface area contributed by atoms with Gasteiger partial charge in [0, 0.05) is 11.7 Å². The lowest BCUT2D eigenvalue weighted by atomic mass is 10.1. The van der Waals surface area contributed by atoms with Gasteiger partial charge in [0.05, 0.1) is 18.1 Å². The van der Waals surface area contributed by atoms with Crippen LogP contribution in [-0.2, 0) is 21.1 Å². The highest BCUT2D eigenvalue weighted by molar-refractivity contribution is 7.91. The molecule has 0 spiro atoms. The van der Waals surface area contributed by atoms with Crippen LogP contribution in [-0.4, -0.2) is 38.4 Å². The second-order valence-electron chi connectivity index (χ2n) is 5.08. The van der Waals surface area contributed by atoms with Crippen molar-refractivity contribution in [2.24, 2.45) is 0 Å². The summed E-state index contributed by atoms with van der Waals surface area (Å²) in [4.78, 5) is 11.8. The van der Waals surface area contributed by atoms with Gasteiger partial charge in [-0.2, -0.15) is 0 Å². The zero-order valence-electron chi connectivity index (χ0n) is 11.6. The van der Waals surface area contributed by atoms with Crippen molar-refractivity contribution in [3.05, 3.63) is 29.8 Å². The first-order valence-corrected chi connectivity index (χ1v) is 8.63. The van der Waals surface area contributed by atoms with Gasteiger partial charge in [-0.05, 0) is 30.5 Å². The van der Waals surface area contributed by atoms with Gasteiger partial charge in [0.1, 0.15) is 0 Å². The van der Waals surface area contributed by atoms with E-state index in [9.17, 15) is 13.2 Å². The Hall–Kier alpha value is -1.40. The van der Waals surface area contributed by atoms with E-state index < -0.39 is 9.84 Å². The van der Waals surface area contributed by atoms with Crippen LogP contribution in [0.3, 0.4) is 0 Å². The molecule has 0 bridgehead atoms. The van der Waals surface area contributed by atoms with Crippen LogP contribution in [0.15, 0.2) is 24.3 Å². The predicted octanol–water partition coefficient (Wildman–Crippen LogP) is 0.964. The molecule has 6 heteroatoms. The monoisotopic (exact) mass is 296 g/mol. The summed E-state index contributed by atoms with van der Waals surface area (Å²) in [6.07, 6.45) is 1.55. The molecule has 110 valence electrons. The summed E-state index contributed by atoms with van der Waals surface area (Å²) in [6.45, 7) is 2.21. The topological polar surface area (TPSA) is 75.3 Å². The van der Waals surface area contributed by atoms with E-state index in [1.807, 2.05) is 24.3 Å². The Kier molecular flexibility index (Phi) is 4.77. The van der Waals surface area contributed by atoms with Gasteiger partial charge in [0.2, 0.25) is 5.91 Å². The number of carbonyl (C=O) groups excluding carboxylic acids is 1. The molecule has 1 saturated heterocycles. The molecule has 1 aliphatic heterocycles. The highest BCUT2D eigenvalue weighted by Crippen LogP contribution is 2.12. The van der Waals surface area contributed by atoms with E-state index >= 15 is 0 Å². The standard InChI is InChI=1S/C14H20N2O3S/c1-2-11-3-5-12(6-4-11)16-14(17)9-15-13-7-8-20(18,19)10-13/h3-6,13,15H,2,7-10H2,1H3,(H,16,17). The van der Waals surface area contributed by atoms with Crippen LogP contribution < -0.4 is 10.6 Å². The molecule has 1 aromatic rings. The fraction of sp³-hybridized carbons (Fsp3) is 0.500. The zero-order valence-corrected chi connectivity index (χ0v) is 12.4. The highest BCUT2D eigenvalue weighted by atomic mass is 32.2. The molecular formula is C14H20N2O3S. The molecule has 0 saturated carbocycles. The van der Waals surface area contributed by atoms with E-state index in [0.717, 1.165) is 12.1 Å². The summed E-state index contributed by atoms with van der Waals surface area (Å²) in [5.41, 5.74) is 1.98. The normalized spacial score (nSPS) is 20.8. The molecule has 1 heterocycles. The van der Waals surface area contributed by atoms with Crippen molar-refractivity contribution in [1.29, 1.82) is 0 Å². The number of aryl methyl sites for hydroxylation is 1. The molecule has 0 radical (unpaired) electrons. The number of rotatable bonds is 5. The molecule has 1 fully saturated rings. The largest absolute Gasteiger partial charge is 0.325 e. The maximum atomic E-state index is 11.8. The number of benzene rings is 1. The van der Waals surface area contributed by atoms with Gasteiger partial charge in [-0.1, -0.05) is 19.1 Å². The number of amides is 1. The van der Waals surface area contributed by atoms with Crippen LogP contribution in [0, 0.1) is 0 Å². The quantitative estimate of drug-likeness (QED) is 0.849. The lowest BCUT2D eigenvalue weighted by Gasteiger charge is -2.11. The molecule has 0 aliphatic carbocycles. The van der Waals surface area contributed by atoms with Crippen molar-refractivity contribution in [2.45, 2.75) is 25.8 Å². The van der Waals surface area contributed by atoms with Crippen molar-refractivity contribution >= 4 is 21.4 Å². The fourth-order valence-electron chi connectivity index (χ4n) is 2.22. The smallest absolute Gasteiger partial charge is 0.238 e. The molecule has 2 rings (SSSR count). The first-order chi connectivity index (χ1) is 9.48. The number of anilines is 1. The van der Waals surface area contributed by atoms with Gasteiger partial charge in [-0.25, -0.2) is 8.42 Å². The minimum absolute atomic E-state index is 0.104. The Bertz CT molecular complexity index is 567. The Labute approximate surface area is 119 Å². The predicted molar refractivity (Wildman–Crippen MR) is 79.5 cm³/mol. The van der Waals surface area contributed by atoms with Gasteiger partial charge in [0.25, 0.3) is 0 Å². The molecule has 1 atom stereocenters. The summed E-state index contributed by atoms with van der Waals surface area (Å²) in [7, 11) is -2.90. The second kappa shape index (κ2) is 6.37. The summed E-state index contributed by atoms with van der Waals surface area (Å²) in [5.74, 6) is 0.189. The zero-order chi connectivity index (χ0) is 14.6. The van der Waals surface area contributed by atoms with E-state index in [-0.39, 0.29) is 30.0 Å². The molecule has 2 N–H and O–H groups in total. The molecule has 20 heavy (non-hydrogen) atoms. The van der Waals surface area contributed by atoms with Crippen LogP contribution in [0.5, 0.6) is 0 Å². The molecule has 0 aromatic heterocycles. The Morgan fingerprint density at radius 3 is 2.55 bits per heavy atom. The summed E-state index contributed by atoms with van der Waals surface area (Å²) >= 11 is 0. The van der Waals surface area contributed by atoms with Crippen molar-refractivity contribution < 1.29 is 13.2 Å². The first kappa shape index (κ1) is 15.0. The van der Waals surface area contributed by atoms with E-state index in [0.29, 0.717) is 6.42 Å². The summed E-state index contributed by atoms with van der Waals surface area (Å²) in [5, 5.41) is 5.78. The van der Waals surface area contributed by atoms with Gasteiger partial charge in [-0.15, -0.1) is 0 Å². The fourth-order valence-corrected chi connectivity index (χ4v) is 3.93. The number of nitrogens with one attached hydrogen (secondary N) is 2. The Morgan fingerprint density at radius 2 is 2.00 bits per heavy atom. The first-order valence-electron chi connectivity index (χ1n) is 6.81. The van der Waals surface area contributed by atoms with Gasteiger partial charge in [-0.3, -0.25) is 4.79 Å². The SMILES string of the molecule is CCc1ccc(NC(=O)CNC2CCS(=O)(=O)C2)cc1. The maximum absolute atomic E-state index is 11.8. The van der Waals surface area contributed by atoms with E-state index in [1.54, 1.807) is 0 Å². The summed E-state index contributed by atoms with van der Waals surface area (Å²) < 4.78 is 22.6. The van der Waals surface area contributed by atoms with Crippen molar-refractivity contribution in [2.75, 3.05) is 23.4 Å². The number of hydrogen-bond acceptors (Lipinski definition) is 4. The van der Waals surface area contributed by atoms with Crippen LogP contribution in [0.1, 0.15) is 18.9 Å². The number of sulfone groups is 1. The van der Waals surface area contributed by atoms with Crippen molar-refractivity contribution in [3.63, 3.8) is 0 Å². The molecule has 1 aliphatic rings. The number of hydrogen-bond donors (Lipinski definition) is 2. The third-order valence-corrected chi connectivity index (χ3v) is 5.20. The van der Waals surface area contributed by atoms with Crippen molar-refractivity contribution in [3.8, 4) is 0 Å². The molecular weight excluding hydrogens is 276 g/mol. The van der Waals surface area contributed by atoms with Crippen LogP contribution in [0.25, 0.3) is 0 Å². The third kappa shape index (κ3) is 4.31. The Balaban J connectivity index is 1.78. The highest BCUT2D eigenvalue weighted by Gasteiger charge is 2.27. The van der Waals surface area contributed by atoms with Gasteiger partial charge < -0.3 is 10.6 Å². The van der Waals surface area contributed by atoms with Gasteiger partial charge in [0.15, 0.2) is 9.84 Å². The second-order valence-corrected chi connectivity index (χ2v) is 7.31. The van der Waals surface area contributed by atoms with E-state index in [4.69, 9.17) is 0 Å². The van der Waals surface area contributed by atoms with Gasteiger partial charge >= 0.3 is 0 Å². The van der Waals surface area contributed by atoms with Crippen LogP contribution in [0.4, 0.5) is 5.69 Å². The lowest BCUT2D eigenvalue weighted by Crippen LogP contribution is -2.36. The van der Waals surface area contributed by atoms with E-state index in [1.165, 1.54) is 5.56 Å². The summed E-state index contributed by atoms with van der Waals surface area (Å²) in [6, 6.07) is 7.60.